The van der Waals surface area contributed by atoms with E-state index in [1.165, 1.54) is 24.3 Å². The van der Waals surface area contributed by atoms with Crippen LogP contribution in [-0.2, 0) is 0 Å². The maximum absolute atomic E-state index is 13.9. The van der Waals surface area contributed by atoms with Crippen LogP contribution in [0.5, 0.6) is 5.75 Å². The van der Waals surface area contributed by atoms with E-state index in [-0.39, 0.29) is 22.7 Å². The van der Waals surface area contributed by atoms with E-state index in [9.17, 15) is 13.2 Å². The van der Waals surface area contributed by atoms with E-state index in [0.717, 1.165) is 0 Å². The van der Waals surface area contributed by atoms with Gasteiger partial charge in [0.25, 0.3) is 0 Å². The van der Waals surface area contributed by atoms with Gasteiger partial charge in [0.05, 0.1) is 16.9 Å². The number of alkyl halides is 2. The van der Waals surface area contributed by atoms with Crippen molar-refractivity contribution in [2.75, 3.05) is 5.32 Å². The van der Waals surface area contributed by atoms with E-state index < -0.39 is 12.4 Å². The first-order valence-corrected chi connectivity index (χ1v) is 6.02. The third kappa shape index (κ3) is 3.45. The molecule has 0 atom stereocenters. The molecule has 1 N–H and O–H groups in total. The number of hydrogen-bond acceptors (Lipinski definition) is 3. The maximum Gasteiger partial charge on any atom is 0.387 e. The summed E-state index contributed by atoms with van der Waals surface area (Å²) in [7, 11) is 0. The Morgan fingerprint density at radius 1 is 1.19 bits per heavy atom. The lowest BCUT2D eigenvalue weighted by Gasteiger charge is -2.12. The second kappa shape index (κ2) is 6.18. The Labute approximate surface area is 119 Å². The highest BCUT2D eigenvalue weighted by Crippen LogP contribution is 2.28. The maximum atomic E-state index is 13.9. The Bertz CT molecular complexity index is 696. The molecular formula is C15H11F3N2O. The van der Waals surface area contributed by atoms with E-state index in [4.69, 9.17) is 5.26 Å². The summed E-state index contributed by atoms with van der Waals surface area (Å²) in [4.78, 5) is 0. The number of hydrogen-bond donors (Lipinski definition) is 1. The molecule has 2 rings (SSSR count). The molecule has 0 radical (unpaired) electrons. The standard InChI is InChI=1S/C15H11F3N2O/c1-9-3-2-4-12(14(9)16)20-13-7-11(21-15(17)18)6-5-10(13)8-19/h2-7,15,20H,1H3. The molecule has 0 spiro atoms. The van der Waals surface area contributed by atoms with E-state index in [1.54, 1.807) is 19.1 Å². The molecule has 2 aromatic rings. The van der Waals surface area contributed by atoms with Crippen molar-refractivity contribution in [1.82, 2.24) is 0 Å². The highest BCUT2D eigenvalue weighted by atomic mass is 19.3. The van der Waals surface area contributed by atoms with E-state index >= 15 is 0 Å². The highest BCUT2D eigenvalue weighted by molar-refractivity contribution is 5.68. The van der Waals surface area contributed by atoms with Crippen LogP contribution in [0.3, 0.4) is 0 Å². The van der Waals surface area contributed by atoms with Gasteiger partial charge in [-0.2, -0.15) is 14.0 Å². The summed E-state index contributed by atoms with van der Waals surface area (Å²) in [6.45, 7) is -1.37. The number of aryl methyl sites for hydroxylation is 1. The Kier molecular flexibility index (Phi) is 4.33. The van der Waals surface area contributed by atoms with Crippen LogP contribution in [0.1, 0.15) is 11.1 Å². The number of nitriles is 1. The molecule has 0 aliphatic carbocycles. The van der Waals surface area contributed by atoms with Crippen LogP contribution in [0.15, 0.2) is 36.4 Å². The Balaban J connectivity index is 2.38. The van der Waals surface area contributed by atoms with Gasteiger partial charge < -0.3 is 10.1 Å². The monoisotopic (exact) mass is 292 g/mol. The summed E-state index contributed by atoms with van der Waals surface area (Å²) < 4.78 is 42.6. The first-order valence-electron chi connectivity index (χ1n) is 6.02. The third-order valence-corrected chi connectivity index (χ3v) is 2.80. The zero-order valence-corrected chi connectivity index (χ0v) is 11.0. The minimum Gasteiger partial charge on any atom is -0.435 e. The molecule has 0 unspecified atom stereocenters. The summed E-state index contributed by atoms with van der Waals surface area (Å²) in [5.41, 5.74) is 0.969. The second-order valence-corrected chi connectivity index (χ2v) is 4.26. The number of nitrogens with zero attached hydrogens (tertiary/aromatic N) is 1. The van der Waals surface area contributed by atoms with Crippen molar-refractivity contribution in [1.29, 1.82) is 5.26 Å². The highest BCUT2D eigenvalue weighted by Gasteiger charge is 2.11. The molecule has 0 amide bonds. The molecule has 3 nitrogen and oxygen atoms in total. The van der Waals surface area contributed by atoms with Gasteiger partial charge in [0.1, 0.15) is 17.6 Å². The van der Waals surface area contributed by atoms with Crippen LogP contribution in [0.25, 0.3) is 0 Å². The quantitative estimate of drug-likeness (QED) is 0.911. The largest absolute Gasteiger partial charge is 0.435 e. The van der Waals surface area contributed by atoms with Gasteiger partial charge in [-0.1, -0.05) is 12.1 Å². The normalized spacial score (nSPS) is 10.3. The molecule has 0 heterocycles. The molecular weight excluding hydrogens is 281 g/mol. The van der Waals surface area contributed by atoms with Gasteiger partial charge in [0.15, 0.2) is 0 Å². The first-order chi connectivity index (χ1) is 10.0. The minimum absolute atomic E-state index is 0.112. The van der Waals surface area contributed by atoms with Crippen LogP contribution in [0.4, 0.5) is 24.5 Å². The smallest absolute Gasteiger partial charge is 0.387 e. The van der Waals surface area contributed by atoms with Gasteiger partial charge in [-0.15, -0.1) is 0 Å². The SMILES string of the molecule is Cc1cccc(Nc2cc(OC(F)F)ccc2C#N)c1F. The lowest BCUT2D eigenvalue weighted by Crippen LogP contribution is -2.03. The predicted octanol–water partition coefficient (Wildman–Crippen LogP) is 4.35. The van der Waals surface area contributed by atoms with Crippen LogP contribution in [0, 0.1) is 24.1 Å². The topological polar surface area (TPSA) is 45.0 Å². The molecule has 0 saturated heterocycles. The number of nitrogens with one attached hydrogen (secondary N) is 1. The first kappa shape index (κ1) is 14.7. The van der Waals surface area contributed by atoms with Gasteiger partial charge in [-0.25, -0.2) is 4.39 Å². The number of rotatable bonds is 4. The molecule has 21 heavy (non-hydrogen) atoms. The summed E-state index contributed by atoms with van der Waals surface area (Å²) in [5, 5.41) is 11.7. The van der Waals surface area contributed by atoms with Gasteiger partial charge >= 0.3 is 6.61 Å². The van der Waals surface area contributed by atoms with Crippen molar-refractivity contribution in [3.63, 3.8) is 0 Å². The molecule has 0 aliphatic heterocycles. The van der Waals surface area contributed by atoms with Gasteiger partial charge in [0.2, 0.25) is 0 Å². The van der Waals surface area contributed by atoms with Gasteiger partial charge in [-0.05, 0) is 30.7 Å². The molecule has 2 aromatic carbocycles. The average molecular weight is 292 g/mol. The van der Waals surface area contributed by atoms with Crippen LogP contribution in [-0.4, -0.2) is 6.61 Å². The number of anilines is 2. The fraction of sp³-hybridized carbons (Fsp3) is 0.133. The van der Waals surface area contributed by atoms with E-state index in [2.05, 4.69) is 10.1 Å². The molecule has 0 aliphatic rings. The fourth-order valence-electron chi connectivity index (χ4n) is 1.79. The van der Waals surface area contributed by atoms with Crippen LogP contribution < -0.4 is 10.1 Å². The number of benzene rings is 2. The van der Waals surface area contributed by atoms with Crippen LogP contribution in [0.2, 0.25) is 0 Å². The zero-order chi connectivity index (χ0) is 15.4. The summed E-state index contributed by atoms with van der Waals surface area (Å²) in [6.07, 6.45) is 0. The van der Waals surface area contributed by atoms with Gasteiger partial charge in [0, 0.05) is 6.07 Å². The Morgan fingerprint density at radius 2 is 1.95 bits per heavy atom. The molecule has 6 heteroatoms. The number of halogens is 3. The van der Waals surface area contributed by atoms with Crippen molar-refractivity contribution < 1.29 is 17.9 Å². The summed E-state index contributed by atoms with van der Waals surface area (Å²) in [6, 6.07) is 10.4. The second-order valence-electron chi connectivity index (χ2n) is 4.26. The fourth-order valence-corrected chi connectivity index (χ4v) is 1.79. The summed E-state index contributed by atoms with van der Waals surface area (Å²) in [5.74, 6) is -0.582. The van der Waals surface area contributed by atoms with Crippen molar-refractivity contribution in [3.8, 4) is 11.8 Å². The lowest BCUT2D eigenvalue weighted by atomic mass is 10.1. The molecule has 0 bridgehead atoms. The van der Waals surface area contributed by atoms with Crippen molar-refractivity contribution >= 4 is 11.4 Å². The Morgan fingerprint density at radius 3 is 2.62 bits per heavy atom. The molecule has 0 aromatic heterocycles. The minimum atomic E-state index is -2.97. The van der Waals surface area contributed by atoms with Crippen molar-refractivity contribution in [3.05, 3.63) is 53.3 Å². The molecule has 108 valence electrons. The average Bonchev–Trinajstić information content (AvgIpc) is 2.43. The van der Waals surface area contributed by atoms with Crippen LogP contribution >= 0.6 is 0 Å². The number of ether oxygens (including phenoxy) is 1. The van der Waals surface area contributed by atoms with Crippen molar-refractivity contribution in [2.45, 2.75) is 13.5 Å². The zero-order valence-electron chi connectivity index (χ0n) is 11.0. The summed E-state index contributed by atoms with van der Waals surface area (Å²) >= 11 is 0. The lowest BCUT2D eigenvalue weighted by molar-refractivity contribution is -0.0498. The van der Waals surface area contributed by atoms with E-state index in [1.807, 2.05) is 6.07 Å². The molecule has 0 saturated carbocycles. The Hall–Kier alpha value is -2.68. The predicted molar refractivity (Wildman–Crippen MR) is 72.2 cm³/mol. The van der Waals surface area contributed by atoms with E-state index in [0.29, 0.717) is 5.56 Å². The molecule has 0 fully saturated rings. The van der Waals surface area contributed by atoms with Crippen molar-refractivity contribution in [2.24, 2.45) is 0 Å². The third-order valence-electron chi connectivity index (χ3n) is 2.80. The van der Waals surface area contributed by atoms with Gasteiger partial charge in [-0.3, -0.25) is 0 Å².